The molecule has 3 nitrogen and oxygen atoms in total. The molecule has 2 unspecified atom stereocenters. The molecule has 0 radical (unpaired) electrons. The van der Waals surface area contributed by atoms with Crippen LogP contribution in [0.15, 0.2) is 42.5 Å². The van der Waals surface area contributed by atoms with E-state index in [1.807, 2.05) is 6.07 Å². The second-order valence-electron chi connectivity index (χ2n) is 4.74. The molecule has 2 aromatic rings. The fourth-order valence-electron chi connectivity index (χ4n) is 2.25. The lowest BCUT2D eigenvalue weighted by Crippen LogP contribution is -2.20. The predicted octanol–water partition coefficient (Wildman–Crippen LogP) is 2.75. The minimum atomic E-state index is -1.03. The van der Waals surface area contributed by atoms with E-state index < -0.39 is 23.7 Å². The zero-order chi connectivity index (χ0) is 15.4. The molecule has 0 aromatic heterocycles. The zero-order valence-corrected chi connectivity index (χ0v) is 11.6. The Balaban J connectivity index is 2.32. The second-order valence-corrected chi connectivity index (χ2v) is 4.74. The van der Waals surface area contributed by atoms with E-state index in [2.05, 4.69) is 0 Å². The van der Waals surface area contributed by atoms with Crippen LogP contribution in [-0.2, 0) is 0 Å². The number of aliphatic hydroxyl groups is 1. The summed E-state index contributed by atoms with van der Waals surface area (Å²) < 4.78 is 31.4. The van der Waals surface area contributed by atoms with E-state index in [0.29, 0.717) is 5.75 Å². The summed E-state index contributed by atoms with van der Waals surface area (Å²) in [5, 5.41) is 10.4. The Hall–Kier alpha value is -1.98. The molecular weight excluding hydrogens is 276 g/mol. The molecule has 21 heavy (non-hydrogen) atoms. The topological polar surface area (TPSA) is 55.5 Å². The highest BCUT2D eigenvalue weighted by atomic mass is 19.2. The molecule has 0 heterocycles. The molecule has 0 fully saturated rings. The average molecular weight is 293 g/mol. The molecule has 0 spiro atoms. The summed E-state index contributed by atoms with van der Waals surface area (Å²) in [6, 6.07) is 10.5. The van der Waals surface area contributed by atoms with Gasteiger partial charge in [-0.15, -0.1) is 0 Å². The van der Waals surface area contributed by atoms with Crippen molar-refractivity contribution in [3.05, 3.63) is 65.2 Å². The lowest BCUT2D eigenvalue weighted by molar-refractivity contribution is 0.147. The summed E-state index contributed by atoms with van der Waals surface area (Å²) in [6.07, 6.45) is -1.03. The Morgan fingerprint density at radius 3 is 2.48 bits per heavy atom. The third-order valence-electron chi connectivity index (χ3n) is 3.44. The van der Waals surface area contributed by atoms with Crippen LogP contribution in [0.25, 0.3) is 0 Å². The van der Waals surface area contributed by atoms with Crippen molar-refractivity contribution in [1.29, 1.82) is 0 Å². The Kier molecular flexibility index (Phi) is 4.88. The molecule has 0 aliphatic carbocycles. The molecule has 0 saturated carbocycles. The van der Waals surface area contributed by atoms with Crippen LogP contribution in [0.3, 0.4) is 0 Å². The van der Waals surface area contributed by atoms with Crippen LogP contribution in [0.1, 0.15) is 23.1 Å². The zero-order valence-electron chi connectivity index (χ0n) is 11.6. The van der Waals surface area contributed by atoms with Crippen LogP contribution in [0.4, 0.5) is 8.78 Å². The third kappa shape index (κ3) is 3.37. The number of rotatable bonds is 5. The molecule has 0 amide bonds. The van der Waals surface area contributed by atoms with Crippen molar-refractivity contribution in [2.45, 2.75) is 12.0 Å². The van der Waals surface area contributed by atoms with Crippen molar-refractivity contribution >= 4 is 0 Å². The van der Waals surface area contributed by atoms with Gasteiger partial charge >= 0.3 is 0 Å². The van der Waals surface area contributed by atoms with E-state index in [9.17, 15) is 13.9 Å². The van der Waals surface area contributed by atoms with Gasteiger partial charge in [-0.05, 0) is 35.4 Å². The monoisotopic (exact) mass is 293 g/mol. The van der Waals surface area contributed by atoms with E-state index in [1.165, 1.54) is 6.07 Å². The lowest BCUT2D eigenvalue weighted by Gasteiger charge is -2.22. The molecule has 2 aromatic carbocycles. The standard InChI is InChI=1S/C16H17F2NO2/c1-21-12-4-2-3-10(7-12)13(9-19)16(20)11-5-6-14(17)15(18)8-11/h2-8,13,16,20H,9,19H2,1H3. The largest absolute Gasteiger partial charge is 0.497 e. The summed E-state index contributed by atoms with van der Waals surface area (Å²) in [6.45, 7) is 0.160. The van der Waals surface area contributed by atoms with Crippen LogP contribution in [0.2, 0.25) is 0 Å². The van der Waals surface area contributed by atoms with E-state index in [-0.39, 0.29) is 12.1 Å². The lowest BCUT2D eigenvalue weighted by atomic mass is 9.89. The first-order valence-corrected chi connectivity index (χ1v) is 6.54. The number of aliphatic hydroxyl groups excluding tert-OH is 1. The number of halogens is 2. The highest BCUT2D eigenvalue weighted by Crippen LogP contribution is 2.32. The first kappa shape index (κ1) is 15.4. The number of methoxy groups -OCH3 is 1. The number of benzene rings is 2. The molecule has 0 saturated heterocycles. The van der Waals surface area contributed by atoms with Gasteiger partial charge in [0.15, 0.2) is 11.6 Å². The van der Waals surface area contributed by atoms with Gasteiger partial charge in [0, 0.05) is 12.5 Å². The van der Waals surface area contributed by atoms with Crippen molar-refractivity contribution in [3.8, 4) is 5.75 Å². The van der Waals surface area contributed by atoms with Crippen molar-refractivity contribution in [1.82, 2.24) is 0 Å². The van der Waals surface area contributed by atoms with E-state index in [4.69, 9.17) is 10.5 Å². The molecule has 2 rings (SSSR count). The van der Waals surface area contributed by atoms with Gasteiger partial charge in [0.1, 0.15) is 5.75 Å². The van der Waals surface area contributed by atoms with E-state index in [1.54, 1.807) is 25.3 Å². The molecule has 0 aliphatic heterocycles. The number of hydrogen-bond acceptors (Lipinski definition) is 3. The summed E-state index contributed by atoms with van der Waals surface area (Å²) in [7, 11) is 1.54. The third-order valence-corrected chi connectivity index (χ3v) is 3.44. The Morgan fingerprint density at radius 1 is 1.10 bits per heavy atom. The normalized spacial score (nSPS) is 13.8. The maximum atomic E-state index is 13.3. The predicted molar refractivity (Wildman–Crippen MR) is 76.1 cm³/mol. The maximum absolute atomic E-state index is 13.3. The highest BCUT2D eigenvalue weighted by molar-refractivity contribution is 5.33. The Bertz CT molecular complexity index is 619. The summed E-state index contributed by atoms with van der Waals surface area (Å²) in [5.74, 6) is -1.74. The molecule has 3 N–H and O–H groups in total. The smallest absolute Gasteiger partial charge is 0.159 e. The van der Waals surface area contributed by atoms with Gasteiger partial charge in [-0.1, -0.05) is 18.2 Å². The number of nitrogens with two attached hydrogens (primary N) is 1. The first-order chi connectivity index (χ1) is 10.1. The van der Waals surface area contributed by atoms with Gasteiger partial charge in [0.05, 0.1) is 13.2 Å². The van der Waals surface area contributed by atoms with Crippen LogP contribution in [0, 0.1) is 11.6 Å². The van der Waals surface area contributed by atoms with Crippen molar-refractivity contribution < 1.29 is 18.6 Å². The minimum absolute atomic E-state index is 0.160. The maximum Gasteiger partial charge on any atom is 0.159 e. The van der Waals surface area contributed by atoms with Crippen LogP contribution in [-0.4, -0.2) is 18.8 Å². The Morgan fingerprint density at radius 2 is 1.86 bits per heavy atom. The summed E-state index contributed by atoms with van der Waals surface area (Å²) in [5.41, 5.74) is 6.79. The fourth-order valence-corrected chi connectivity index (χ4v) is 2.25. The molecule has 0 bridgehead atoms. The fraction of sp³-hybridized carbons (Fsp3) is 0.250. The minimum Gasteiger partial charge on any atom is -0.497 e. The molecule has 112 valence electrons. The highest BCUT2D eigenvalue weighted by Gasteiger charge is 2.23. The van der Waals surface area contributed by atoms with Gasteiger partial charge in [-0.2, -0.15) is 0 Å². The van der Waals surface area contributed by atoms with Crippen molar-refractivity contribution in [2.24, 2.45) is 5.73 Å². The van der Waals surface area contributed by atoms with Crippen LogP contribution < -0.4 is 10.5 Å². The van der Waals surface area contributed by atoms with Gasteiger partial charge in [-0.3, -0.25) is 0 Å². The SMILES string of the molecule is COc1cccc(C(CN)C(O)c2ccc(F)c(F)c2)c1. The molecule has 2 atom stereocenters. The second kappa shape index (κ2) is 6.65. The first-order valence-electron chi connectivity index (χ1n) is 6.54. The van der Waals surface area contributed by atoms with Crippen LogP contribution in [0.5, 0.6) is 5.75 Å². The van der Waals surface area contributed by atoms with Gasteiger partial charge in [0.25, 0.3) is 0 Å². The quantitative estimate of drug-likeness (QED) is 0.891. The van der Waals surface area contributed by atoms with E-state index in [0.717, 1.165) is 17.7 Å². The Labute approximate surface area is 122 Å². The molecule has 0 aliphatic rings. The van der Waals surface area contributed by atoms with Crippen molar-refractivity contribution in [2.75, 3.05) is 13.7 Å². The number of hydrogen-bond donors (Lipinski definition) is 2. The molecule has 5 heteroatoms. The van der Waals surface area contributed by atoms with Gasteiger partial charge in [-0.25, -0.2) is 8.78 Å². The molecular formula is C16H17F2NO2. The number of ether oxygens (including phenoxy) is 1. The average Bonchev–Trinajstić information content (AvgIpc) is 2.51. The van der Waals surface area contributed by atoms with Gasteiger partial charge in [0.2, 0.25) is 0 Å². The van der Waals surface area contributed by atoms with Crippen LogP contribution >= 0.6 is 0 Å². The van der Waals surface area contributed by atoms with E-state index >= 15 is 0 Å². The summed E-state index contributed by atoms with van der Waals surface area (Å²) >= 11 is 0. The van der Waals surface area contributed by atoms with Crippen molar-refractivity contribution in [3.63, 3.8) is 0 Å². The summed E-state index contributed by atoms with van der Waals surface area (Å²) in [4.78, 5) is 0. The van der Waals surface area contributed by atoms with Gasteiger partial charge < -0.3 is 15.6 Å².